The maximum absolute atomic E-state index is 12.6. The Kier molecular flexibility index (Phi) is 6.84. The summed E-state index contributed by atoms with van der Waals surface area (Å²) in [5.41, 5.74) is 6.21. The third kappa shape index (κ3) is 4.21. The quantitative estimate of drug-likeness (QED) is 0.832. The summed E-state index contributed by atoms with van der Waals surface area (Å²) in [5, 5.41) is 8.97. The summed E-state index contributed by atoms with van der Waals surface area (Å²) in [5.74, 6) is 0.369. The molecule has 0 spiro atoms. The van der Waals surface area contributed by atoms with Crippen LogP contribution in [0.1, 0.15) is 25.3 Å². The van der Waals surface area contributed by atoms with Crippen molar-refractivity contribution in [2.45, 2.75) is 30.7 Å². The zero-order chi connectivity index (χ0) is 15.6. The lowest BCUT2D eigenvalue weighted by Gasteiger charge is -2.33. The molecular weight excluding hydrogens is 390 g/mol. The second kappa shape index (κ2) is 7.75. The number of nitriles is 1. The van der Waals surface area contributed by atoms with Crippen molar-refractivity contribution in [3.63, 3.8) is 0 Å². The van der Waals surface area contributed by atoms with Crippen LogP contribution < -0.4 is 5.73 Å². The minimum Gasteiger partial charge on any atom is -0.328 e. The minimum atomic E-state index is -3.55. The van der Waals surface area contributed by atoms with Crippen LogP contribution in [0.2, 0.25) is 0 Å². The van der Waals surface area contributed by atoms with Crippen LogP contribution in [0.25, 0.3) is 0 Å². The fourth-order valence-electron chi connectivity index (χ4n) is 2.57. The molecule has 1 fully saturated rings. The van der Waals surface area contributed by atoms with E-state index in [-0.39, 0.29) is 23.3 Å². The number of nitrogens with two attached hydrogens (primary N) is 1. The molecule has 0 aromatic heterocycles. The van der Waals surface area contributed by atoms with Crippen molar-refractivity contribution in [1.29, 1.82) is 5.26 Å². The molecule has 1 aliphatic rings. The lowest BCUT2D eigenvalue weighted by atomic mass is 9.92. The monoisotopic (exact) mass is 407 g/mol. The summed E-state index contributed by atoms with van der Waals surface area (Å²) in [6.07, 6.45) is 1.55. The molecule has 122 valence electrons. The molecule has 0 radical (unpaired) electrons. The van der Waals surface area contributed by atoms with Crippen molar-refractivity contribution < 1.29 is 8.42 Å². The van der Waals surface area contributed by atoms with Crippen LogP contribution in [0.3, 0.4) is 0 Å². The largest absolute Gasteiger partial charge is 0.328 e. The van der Waals surface area contributed by atoms with E-state index in [2.05, 4.69) is 15.9 Å². The molecule has 2 rings (SSSR count). The first-order valence-corrected chi connectivity index (χ1v) is 9.04. The fourth-order valence-corrected chi connectivity index (χ4v) is 4.75. The summed E-state index contributed by atoms with van der Waals surface area (Å²) in [7, 11) is -3.55. The Balaban J connectivity index is 0.00000242. The zero-order valence-corrected chi connectivity index (χ0v) is 15.4. The average Bonchev–Trinajstić information content (AvgIpc) is 2.46. The van der Waals surface area contributed by atoms with Crippen LogP contribution in [0, 0.1) is 17.2 Å². The van der Waals surface area contributed by atoms with Gasteiger partial charge in [0, 0.05) is 23.6 Å². The van der Waals surface area contributed by atoms with E-state index in [4.69, 9.17) is 11.0 Å². The lowest BCUT2D eigenvalue weighted by Crippen LogP contribution is -2.42. The van der Waals surface area contributed by atoms with Crippen molar-refractivity contribution in [2.75, 3.05) is 13.1 Å². The molecule has 0 aliphatic carbocycles. The van der Waals surface area contributed by atoms with Crippen molar-refractivity contribution in [1.82, 2.24) is 4.31 Å². The summed E-state index contributed by atoms with van der Waals surface area (Å²) in [6, 6.07) is 6.61. The number of halogens is 2. The van der Waals surface area contributed by atoms with E-state index in [0.717, 1.165) is 12.8 Å². The average molecular weight is 409 g/mol. The molecule has 1 aromatic carbocycles. The number of rotatable bonds is 3. The van der Waals surface area contributed by atoms with Gasteiger partial charge in [-0.1, -0.05) is 15.9 Å². The highest BCUT2D eigenvalue weighted by molar-refractivity contribution is 9.10. The van der Waals surface area contributed by atoms with Gasteiger partial charge in [-0.3, -0.25) is 0 Å². The minimum absolute atomic E-state index is 0. The SMILES string of the molecule is CC(N)C1CCN(S(=O)(=O)c2cc(Br)cc(C#N)c2)CC1.Cl. The first kappa shape index (κ1) is 19.4. The Morgan fingerprint density at radius 3 is 2.45 bits per heavy atom. The maximum Gasteiger partial charge on any atom is 0.243 e. The first-order chi connectivity index (χ1) is 9.84. The number of nitrogens with zero attached hydrogens (tertiary/aromatic N) is 2. The van der Waals surface area contributed by atoms with Crippen molar-refractivity contribution in [3.05, 3.63) is 28.2 Å². The molecule has 1 aromatic rings. The van der Waals surface area contributed by atoms with Gasteiger partial charge in [-0.05, 0) is 43.9 Å². The highest BCUT2D eigenvalue weighted by atomic mass is 79.9. The highest BCUT2D eigenvalue weighted by Gasteiger charge is 2.30. The maximum atomic E-state index is 12.6. The Bertz CT molecular complexity index is 665. The van der Waals surface area contributed by atoms with Gasteiger partial charge < -0.3 is 5.73 Å². The van der Waals surface area contributed by atoms with Gasteiger partial charge in [0.05, 0.1) is 16.5 Å². The molecule has 1 atom stereocenters. The highest BCUT2D eigenvalue weighted by Crippen LogP contribution is 2.27. The molecule has 22 heavy (non-hydrogen) atoms. The first-order valence-electron chi connectivity index (χ1n) is 6.81. The Morgan fingerprint density at radius 2 is 1.95 bits per heavy atom. The van der Waals surface area contributed by atoms with Crippen LogP contribution >= 0.6 is 28.3 Å². The van der Waals surface area contributed by atoms with E-state index in [1.807, 2.05) is 13.0 Å². The van der Waals surface area contributed by atoms with Crippen LogP contribution in [-0.2, 0) is 10.0 Å². The van der Waals surface area contributed by atoms with Crippen molar-refractivity contribution >= 4 is 38.4 Å². The molecule has 1 heterocycles. The van der Waals surface area contributed by atoms with Crippen LogP contribution in [0.15, 0.2) is 27.6 Å². The van der Waals surface area contributed by atoms with Gasteiger partial charge in [-0.25, -0.2) is 8.42 Å². The van der Waals surface area contributed by atoms with Crippen molar-refractivity contribution in [2.24, 2.45) is 11.7 Å². The van der Waals surface area contributed by atoms with Crippen LogP contribution in [0.5, 0.6) is 0 Å². The predicted molar refractivity (Wildman–Crippen MR) is 91.2 cm³/mol. The molecule has 0 amide bonds. The van der Waals surface area contributed by atoms with Gasteiger partial charge in [0.25, 0.3) is 0 Å². The molecule has 1 saturated heterocycles. The third-order valence-electron chi connectivity index (χ3n) is 3.88. The Morgan fingerprint density at radius 1 is 1.36 bits per heavy atom. The second-order valence-corrected chi connectivity index (χ2v) is 8.24. The van der Waals surface area contributed by atoms with Gasteiger partial charge in [0.2, 0.25) is 10.0 Å². The number of hydrogen-bond acceptors (Lipinski definition) is 4. The molecule has 1 aliphatic heterocycles. The molecule has 0 saturated carbocycles. The fraction of sp³-hybridized carbons (Fsp3) is 0.500. The molecular formula is C14H19BrClN3O2S. The van der Waals surface area contributed by atoms with Crippen LogP contribution in [-0.4, -0.2) is 31.9 Å². The molecule has 1 unspecified atom stereocenters. The van der Waals surface area contributed by atoms with E-state index in [9.17, 15) is 8.42 Å². The summed E-state index contributed by atoms with van der Waals surface area (Å²) in [6.45, 7) is 2.91. The van der Waals surface area contributed by atoms with E-state index in [1.165, 1.54) is 16.4 Å². The summed E-state index contributed by atoms with van der Waals surface area (Å²) in [4.78, 5) is 0.160. The molecule has 8 heteroatoms. The Labute approximate surface area is 146 Å². The van der Waals surface area contributed by atoms with E-state index >= 15 is 0 Å². The van der Waals surface area contributed by atoms with Gasteiger partial charge in [0.15, 0.2) is 0 Å². The number of piperidine rings is 1. The van der Waals surface area contributed by atoms with Gasteiger partial charge >= 0.3 is 0 Å². The van der Waals surface area contributed by atoms with Crippen LogP contribution in [0.4, 0.5) is 0 Å². The van der Waals surface area contributed by atoms with Gasteiger partial charge in [-0.15, -0.1) is 12.4 Å². The summed E-state index contributed by atoms with van der Waals surface area (Å²) >= 11 is 3.25. The predicted octanol–water partition coefficient (Wildman–Crippen LogP) is 2.49. The van der Waals surface area contributed by atoms with E-state index in [0.29, 0.717) is 29.0 Å². The van der Waals surface area contributed by atoms with Gasteiger partial charge in [-0.2, -0.15) is 9.57 Å². The topological polar surface area (TPSA) is 87.2 Å². The number of benzene rings is 1. The number of hydrogen-bond donors (Lipinski definition) is 1. The third-order valence-corrected chi connectivity index (χ3v) is 6.21. The normalized spacial score (nSPS) is 18.3. The Hall–Kier alpha value is -0.650. The summed E-state index contributed by atoms with van der Waals surface area (Å²) < 4.78 is 27.4. The molecule has 5 nitrogen and oxygen atoms in total. The standard InChI is InChI=1S/C14H18BrN3O2S.ClH/c1-10(17)12-2-4-18(5-3-12)21(19,20)14-7-11(9-16)6-13(15)8-14;/h6-8,10,12H,2-5,17H2,1H3;1H. The number of sulfonamides is 1. The lowest BCUT2D eigenvalue weighted by molar-refractivity contribution is 0.250. The van der Waals surface area contributed by atoms with E-state index in [1.54, 1.807) is 6.07 Å². The second-order valence-electron chi connectivity index (χ2n) is 5.39. The zero-order valence-electron chi connectivity index (χ0n) is 12.2. The van der Waals surface area contributed by atoms with Gasteiger partial charge in [0.1, 0.15) is 0 Å². The van der Waals surface area contributed by atoms with E-state index < -0.39 is 10.0 Å². The molecule has 2 N–H and O–H groups in total. The molecule has 0 bridgehead atoms. The smallest absolute Gasteiger partial charge is 0.243 e. The van der Waals surface area contributed by atoms with Crippen molar-refractivity contribution in [3.8, 4) is 6.07 Å².